The summed E-state index contributed by atoms with van der Waals surface area (Å²) in [6, 6.07) is 15.0. The Kier molecular flexibility index (Phi) is 4.62. The highest BCUT2D eigenvalue weighted by Gasteiger charge is 2.22. The summed E-state index contributed by atoms with van der Waals surface area (Å²) in [6.45, 7) is 0.316. The van der Waals surface area contributed by atoms with Crippen molar-refractivity contribution in [2.45, 2.75) is 6.54 Å². The van der Waals surface area contributed by atoms with Crippen molar-refractivity contribution >= 4 is 34.1 Å². The number of hydrogen-bond acceptors (Lipinski definition) is 5. The molecule has 0 radical (unpaired) electrons. The molecule has 4 aromatic rings. The van der Waals surface area contributed by atoms with Crippen molar-refractivity contribution in [3.63, 3.8) is 0 Å². The number of nitrogens with zero attached hydrogens (tertiary/aromatic N) is 3. The van der Waals surface area contributed by atoms with E-state index in [-0.39, 0.29) is 17.1 Å². The second kappa shape index (κ2) is 7.39. The Morgan fingerprint density at radius 2 is 1.97 bits per heavy atom. The SMILES string of the molecule is O=C(Nc1cc[nH]n1)C(=O)c1cn(Cc2cccc([N+](=O)[O-])c2)c2ccccc12. The Morgan fingerprint density at radius 1 is 1.14 bits per heavy atom. The molecule has 2 heterocycles. The minimum atomic E-state index is -0.796. The number of aromatic nitrogens is 3. The van der Waals surface area contributed by atoms with Crippen molar-refractivity contribution in [2.24, 2.45) is 0 Å². The molecular weight excluding hydrogens is 374 g/mol. The first-order chi connectivity index (χ1) is 14.0. The van der Waals surface area contributed by atoms with Crippen molar-refractivity contribution in [1.82, 2.24) is 14.8 Å². The van der Waals surface area contributed by atoms with Crippen molar-refractivity contribution in [2.75, 3.05) is 5.32 Å². The number of amides is 1. The number of non-ortho nitro benzene ring substituents is 1. The number of nitro groups is 1. The maximum atomic E-state index is 12.7. The average Bonchev–Trinajstić information content (AvgIpc) is 3.36. The summed E-state index contributed by atoms with van der Waals surface area (Å²) in [4.78, 5) is 35.7. The third kappa shape index (κ3) is 3.61. The van der Waals surface area contributed by atoms with Gasteiger partial charge in [0, 0.05) is 48.0 Å². The number of aromatic amines is 1. The lowest BCUT2D eigenvalue weighted by molar-refractivity contribution is -0.384. The van der Waals surface area contributed by atoms with E-state index in [1.807, 2.05) is 12.1 Å². The highest BCUT2D eigenvalue weighted by atomic mass is 16.6. The quantitative estimate of drug-likeness (QED) is 0.227. The lowest BCUT2D eigenvalue weighted by atomic mass is 10.1. The number of para-hydroxylation sites is 1. The summed E-state index contributed by atoms with van der Waals surface area (Å²) in [5.41, 5.74) is 1.70. The molecule has 144 valence electrons. The topological polar surface area (TPSA) is 123 Å². The molecule has 0 saturated carbocycles. The van der Waals surface area contributed by atoms with Crippen LogP contribution in [0.5, 0.6) is 0 Å². The summed E-state index contributed by atoms with van der Waals surface area (Å²) in [5, 5.41) is 20.5. The van der Waals surface area contributed by atoms with Gasteiger partial charge in [0.2, 0.25) is 0 Å². The number of Topliss-reactive ketones (excluding diaryl/α,β-unsaturated/α-hetero) is 1. The zero-order valence-electron chi connectivity index (χ0n) is 15.0. The summed E-state index contributed by atoms with van der Waals surface area (Å²) < 4.78 is 1.80. The van der Waals surface area contributed by atoms with Gasteiger partial charge in [-0.15, -0.1) is 0 Å². The highest BCUT2D eigenvalue weighted by molar-refractivity contribution is 6.48. The van der Waals surface area contributed by atoms with E-state index in [1.165, 1.54) is 24.4 Å². The number of benzene rings is 2. The number of carbonyl (C=O) groups is 2. The number of rotatable bonds is 6. The van der Waals surface area contributed by atoms with E-state index < -0.39 is 16.6 Å². The van der Waals surface area contributed by atoms with Gasteiger partial charge in [-0.3, -0.25) is 24.8 Å². The Morgan fingerprint density at radius 3 is 2.72 bits per heavy atom. The molecule has 0 aliphatic carbocycles. The zero-order chi connectivity index (χ0) is 20.4. The van der Waals surface area contributed by atoms with Gasteiger partial charge < -0.3 is 9.88 Å². The number of anilines is 1. The molecule has 0 aliphatic rings. The fraction of sp³-hybridized carbons (Fsp3) is 0.0500. The zero-order valence-corrected chi connectivity index (χ0v) is 15.0. The maximum Gasteiger partial charge on any atom is 0.298 e. The normalized spacial score (nSPS) is 10.8. The third-order valence-electron chi connectivity index (χ3n) is 4.46. The monoisotopic (exact) mass is 389 g/mol. The molecule has 0 spiro atoms. The van der Waals surface area contributed by atoms with Crippen LogP contribution in [-0.4, -0.2) is 31.4 Å². The van der Waals surface area contributed by atoms with Crippen LogP contribution in [0.15, 0.2) is 67.0 Å². The molecule has 0 atom stereocenters. The van der Waals surface area contributed by atoms with Gasteiger partial charge in [0.1, 0.15) is 0 Å². The van der Waals surface area contributed by atoms with E-state index in [0.717, 1.165) is 5.52 Å². The van der Waals surface area contributed by atoms with Gasteiger partial charge in [-0.25, -0.2) is 0 Å². The first-order valence-corrected chi connectivity index (χ1v) is 8.69. The average molecular weight is 389 g/mol. The van der Waals surface area contributed by atoms with E-state index in [0.29, 0.717) is 17.5 Å². The van der Waals surface area contributed by atoms with Crippen LogP contribution >= 0.6 is 0 Å². The van der Waals surface area contributed by atoms with Crippen LogP contribution in [0.25, 0.3) is 10.9 Å². The predicted octanol–water partition coefficient (Wildman–Crippen LogP) is 3.14. The molecule has 2 aromatic heterocycles. The summed E-state index contributed by atoms with van der Waals surface area (Å²) in [7, 11) is 0. The molecule has 0 bridgehead atoms. The van der Waals surface area contributed by atoms with Gasteiger partial charge in [0.05, 0.1) is 10.5 Å². The van der Waals surface area contributed by atoms with Crippen LogP contribution in [0.4, 0.5) is 11.5 Å². The smallest absolute Gasteiger partial charge is 0.298 e. The van der Waals surface area contributed by atoms with Gasteiger partial charge in [-0.1, -0.05) is 30.3 Å². The van der Waals surface area contributed by atoms with E-state index >= 15 is 0 Å². The third-order valence-corrected chi connectivity index (χ3v) is 4.46. The molecule has 2 N–H and O–H groups in total. The molecule has 29 heavy (non-hydrogen) atoms. The van der Waals surface area contributed by atoms with E-state index in [4.69, 9.17) is 0 Å². The number of hydrogen-bond donors (Lipinski definition) is 2. The van der Waals surface area contributed by atoms with Crippen LogP contribution in [0, 0.1) is 10.1 Å². The minimum Gasteiger partial charge on any atom is -0.342 e. The van der Waals surface area contributed by atoms with Crippen molar-refractivity contribution in [3.8, 4) is 0 Å². The lowest BCUT2D eigenvalue weighted by Crippen LogP contribution is -2.23. The van der Waals surface area contributed by atoms with Crippen LogP contribution < -0.4 is 5.32 Å². The van der Waals surface area contributed by atoms with E-state index in [2.05, 4.69) is 15.5 Å². The Balaban J connectivity index is 1.68. The molecule has 0 unspecified atom stereocenters. The van der Waals surface area contributed by atoms with Gasteiger partial charge in [0.15, 0.2) is 5.82 Å². The number of fused-ring (bicyclic) bond motifs is 1. The van der Waals surface area contributed by atoms with Gasteiger partial charge in [-0.05, 0) is 11.6 Å². The minimum absolute atomic E-state index is 0.00589. The summed E-state index contributed by atoms with van der Waals surface area (Å²) >= 11 is 0. The summed E-state index contributed by atoms with van der Waals surface area (Å²) in [5.74, 6) is -1.24. The van der Waals surface area contributed by atoms with Crippen molar-refractivity contribution < 1.29 is 14.5 Å². The highest BCUT2D eigenvalue weighted by Crippen LogP contribution is 2.24. The first kappa shape index (κ1) is 18.1. The fourth-order valence-corrected chi connectivity index (χ4v) is 3.15. The molecule has 0 saturated heterocycles. The maximum absolute atomic E-state index is 12.7. The largest absolute Gasteiger partial charge is 0.342 e. The molecule has 0 aliphatic heterocycles. The molecule has 2 aromatic carbocycles. The number of nitrogens with one attached hydrogen (secondary N) is 2. The van der Waals surface area contributed by atoms with Gasteiger partial charge >= 0.3 is 0 Å². The Hall–Kier alpha value is -4.27. The van der Waals surface area contributed by atoms with E-state index in [1.54, 1.807) is 35.0 Å². The lowest BCUT2D eigenvalue weighted by Gasteiger charge is -2.05. The standard InChI is InChI=1S/C20H15N5O4/c26-19(20(27)22-18-8-9-21-23-18)16-12-24(17-7-2-1-6-15(16)17)11-13-4-3-5-14(10-13)25(28)29/h1-10,12H,11H2,(H2,21,22,23,27). The van der Waals surface area contributed by atoms with Crippen molar-refractivity contribution in [1.29, 1.82) is 0 Å². The second-order valence-electron chi connectivity index (χ2n) is 6.36. The number of H-pyrrole nitrogens is 1. The van der Waals surface area contributed by atoms with Gasteiger partial charge in [0.25, 0.3) is 17.4 Å². The van der Waals surface area contributed by atoms with Gasteiger partial charge in [-0.2, -0.15) is 5.10 Å². The van der Waals surface area contributed by atoms with Crippen LogP contribution in [0.3, 0.4) is 0 Å². The predicted molar refractivity (Wildman–Crippen MR) is 106 cm³/mol. The molecule has 9 heteroatoms. The molecule has 0 fully saturated rings. The van der Waals surface area contributed by atoms with Crippen LogP contribution in [0.1, 0.15) is 15.9 Å². The second-order valence-corrected chi connectivity index (χ2v) is 6.36. The summed E-state index contributed by atoms with van der Waals surface area (Å²) in [6.07, 6.45) is 3.13. The number of carbonyl (C=O) groups excluding carboxylic acids is 2. The Labute approximate surface area is 164 Å². The number of ketones is 1. The Bertz CT molecular complexity index is 1230. The van der Waals surface area contributed by atoms with E-state index in [9.17, 15) is 19.7 Å². The van der Waals surface area contributed by atoms with Crippen LogP contribution in [0.2, 0.25) is 0 Å². The van der Waals surface area contributed by atoms with Crippen molar-refractivity contribution in [3.05, 3.63) is 88.2 Å². The molecule has 1 amide bonds. The molecular formula is C20H15N5O4. The molecule has 9 nitrogen and oxygen atoms in total. The first-order valence-electron chi connectivity index (χ1n) is 8.69. The molecule has 4 rings (SSSR count). The number of nitro benzene ring substituents is 1. The van der Waals surface area contributed by atoms with Crippen LogP contribution in [-0.2, 0) is 11.3 Å². The fourth-order valence-electron chi connectivity index (χ4n) is 3.15.